The summed E-state index contributed by atoms with van der Waals surface area (Å²) in [5.74, 6) is 1.34. The second-order valence-corrected chi connectivity index (χ2v) is 4.59. The van der Waals surface area contributed by atoms with Gasteiger partial charge in [0, 0.05) is 11.8 Å². The van der Waals surface area contributed by atoms with Crippen molar-refractivity contribution in [2.45, 2.75) is 20.8 Å². The van der Waals surface area contributed by atoms with E-state index >= 15 is 0 Å². The molecule has 1 N–H and O–H groups in total. The molecule has 0 bridgehead atoms. The van der Waals surface area contributed by atoms with E-state index in [0.717, 1.165) is 17.0 Å². The molecule has 19 heavy (non-hydrogen) atoms. The third kappa shape index (κ3) is 3.58. The van der Waals surface area contributed by atoms with Crippen LogP contribution in [0.1, 0.15) is 22.6 Å². The van der Waals surface area contributed by atoms with Crippen molar-refractivity contribution in [1.82, 2.24) is 0 Å². The Balaban J connectivity index is 2.03. The number of anilines is 1. The Hall–Kier alpha value is -2.29. The van der Waals surface area contributed by atoms with Crippen LogP contribution < -0.4 is 5.32 Å². The lowest BCUT2D eigenvalue weighted by Crippen LogP contribution is -2.08. The summed E-state index contributed by atoms with van der Waals surface area (Å²) in [5.41, 5.74) is 3.06. The number of carbonyl (C=O) groups excluding carboxylic acids is 1. The fourth-order valence-corrected chi connectivity index (χ4v) is 1.83. The van der Waals surface area contributed by atoms with E-state index in [-0.39, 0.29) is 5.91 Å². The minimum absolute atomic E-state index is 0.166. The molecule has 1 aromatic heterocycles. The second-order valence-electron chi connectivity index (χ2n) is 4.59. The molecule has 1 amide bonds. The Labute approximate surface area is 112 Å². The van der Waals surface area contributed by atoms with Crippen molar-refractivity contribution in [3.63, 3.8) is 0 Å². The molecule has 2 rings (SSSR count). The summed E-state index contributed by atoms with van der Waals surface area (Å²) in [7, 11) is 0. The number of aryl methyl sites for hydroxylation is 3. The summed E-state index contributed by atoms with van der Waals surface area (Å²) < 4.78 is 5.36. The quantitative estimate of drug-likeness (QED) is 0.846. The predicted octanol–water partition coefficient (Wildman–Crippen LogP) is 3.86. The zero-order valence-electron chi connectivity index (χ0n) is 11.4. The van der Waals surface area contributed by atoms with Crippen LogP contribution in [0.15, 0.2) is 40.8 Å². The van der Waals surface area contributed by atoms with Gasteiger partial charge in [0.05, 0.1) is 0 Å². The first-order valence-corrected chi connectivity index (χ1v) is 6.17. The van der Waals surface area contributed by atoms with Crippen LogP contribution in [0.25, 0.3) is 6.08 Å². The molecular formula is C16H17NO2. The molecule has 0 spiro atoms. The summed E-state index contributed by atoms with van der Waals surface area (Å²) in [4.78, 5) is 11.8. The first-order chi connectivity index (χ1) is 9.04. The molecule has 0 saturated carbocycles. The molecule has 2 aromatic rings. The highest BCUT2D eigenvalue weighted by Crippen LogP contribution is 2.16. The summed E-state index contributed by atoms with van der Waals surface area (Å²) in [6, 6.07) is 9.61. The van der Waals surface area contributed by atoms with E-state index in [2.05, 4.69) is 5.32 Å². The highest BCUT2D eigenvalue weighted by molar-refractivity contribution is 6.02. The number of benzene rings is 1. The Morgan fingerprint density at radius 1 is 1.16 bits per heavy atom. The number of amides is 1. The van der Waals surface area contributed by atoms with Crippen LogP contribution in [0, 0.1) is 20.8 Å². The molecule has 0 aliphatic rings. The third-order valence-electron chi connectivity index (χ3n) is 2.80. The highest BCUT2D eigenvalue weighted by atomic mass is 16.3. The lowest BCUT2D eigenvalue weighted by atomic mass is 10.1. The summed E-state index contributed by atoms with van der Waals surface area (Å²) in [6.45, 7) is 5.87. The van der Waals surface area contributed by atoms with Crippen molar-refractivity contribution in [2.75, 3.05) is 5.32 Å². The molecule has 0 aliphatic carbocycles. The number of hydrogen-bond donors (Lipinski definition) is 1. The molecule has 0 saturated heterocycles. The van der Waals surface area contributed by atoms with Gasteiger partial charge in [-0.15, -0.1) is 0 Å². The van der Waals surface area contributed by atoms with Gasteiger partial charge in [0.1, 0.15) is 11.5 Å². The van der Waals surface area contributed by atoms with Crippen molar-refractivity contribution < 1.29 is 9.21 Å². The van der Waals surface area contributed by atoms with Gasteiger partial charge in [-0.1, -0.05) is 17.7 Å². The van der Waals surface area contributed by atoms with Gasteiger partial charge < -0.3 is 9.73 Å². The van der Waals surface area contributed by atoms with Crippen LogP contribution in [0.4, 0.5) is 5.69 Å². The van der Waals surface area contributed by atoms with E-state index in [1.165, 1.54) is 11.6 Å². The van der Waals surface area contributed by atoms with Crippen LogP contribution in [-0.4, -0.2) is 5.91 Å². The Morgan fingerprint density at radius 3 is 2.58 bits per heavy atom. The third-order valence-corrected chi connectivity index (χ3v) is 2.80. The van der Waals surface area contributed by atoms with E-state index in [1.807, 2.05) is 51.1 Å². The van der Waals surface area contributed by atoms with Gasteiger partial charge >= 0.3 is 0 Å². The van der Waals surface area contributed by atoms with Crippen molar-refractivity contribution >= 4 is 17.7 Å². The summed E-state index contributed by atoms with van der Waals surface area (Å²) >= 11 is 0. The van der Waals surface area contributed by atoms with Crippen LogP contribution in [-0.2, 0) is 4.79 Å². The molecule has 0 fully saturated rings. The van der Waals surface area contributed by atoms with E-state index < -0.39 is 0 Å². The molecule has 0 radical (unpaired) electrons. The first-order valence-electron chi connectivity index (χ1n) is 6.17. The fraction of sp³-hybridized carbons (Fsp3) is 0.188. The van der Waals surface area contributed by atoms with Gasteiger partial charge in [0.15, 0.2) is 0 Å². The minimum atomic E-state index is -0.166. The average molecular weight is 255 g/mol. The molecule has 98 valence electrons. The van der Waals surface area contributed by atoms with Gasteiger partial charge in [0.25, 0.3) is 0 Å². The van der Waals surface area contributed by atoms with Crippen LogP contribution in [0.3, 0.4) is 0 Å². The smallest absolute Gasteiger partial charge is 0.248 e. The number of hydrogen-bond acceptors (Lipinski definition) is 2. The Bertz CT molecular complexity index is 623. The molecule has 0 unspecified atom stereocenters. The second kappa shape index (κ2) is 5.57. The van der Waals surface area contributed by atoms with Crippen molar-refractivity contribution in [3.05, 3.63) is 59.1 Å². The molecule has 3 nitrogen and oxygen atoms in total. The number of carbonyl (C=O) groups is 1. The first kappa shape index (κ1) is 13.1. The standard InChI is InChI=1S/C16H17NO2/c1-11-4-8-15(12(2)10-11)17-16(18)9-7-14-6-5-13(3)19-14/h4-10H,1-3H3,(H,17,18)/b9-7+. The SMILES string of the molecule is Cc1ccc(NC(=O)/C=C/c2ccc(C)o2)c(C)c1. The zero-order chi connectivity index (χ0) is 13.8. The maximum Gasteiger partial charge on any atom is 0.248 e. The van der Waals surface area contributed by atoms with Crippen LogP contribution >= 0.6 is 0 Å². The average Bonchev–Trinajstić information content (AvgIpc) is 2.76. The van der Waals surface area contributed by atoms with Crippen molar-refractivity contribution in [1.29, 1.82) is 0 Å². The Kier molecular flexibility index (Phi) is 3.85. The van der Waals surface area contributed by atoms with E-state index in [4.69, 9.17) is 4.42 Å². The molecule has 1 aromatic carbocycles. The monoisotopic (exact) mass is 255 g/mol. The minimum Gasteiger partial charge on any atom is -0.462 e. The van der Waals surface area contributed by atoms with E-state index in [9.17, 15) is 4.79 Å². The van der Waals surface area contributed by atoms with Gasteiger partial charge in [-0.3, -0.25) is 4.79 Å². The Morgan fingerprint density at radius 2 is 1.95 bits per heavy atom. The lowest BCUT2D eigenvalue weighted by Gasteiger charge is -2.06. The topological polar surface area (TPSA) is 42.2 Å². The van der Waals surface area contributed by atoms with E-state index in [0.29, 0.717) is 5.76 Å². The number of nitrogens with one attached hydrogen (secondary N) is 1. The van der Waals surface area contributed by atoms with Gasteiger partial charge in [-0.2, -0.15) is 0 Å². The van der Waals surface area contributed by atoms with Crippen molar-refractivity contribution in [2.24, 2.45) is 0 Å². The fourth-order valence-electron chi connectivity index (χ4n) is 1.83. The van der Waals surface area contributed by atoms with Gasteiger partial charge in [-0.05, 0) is 50.6 Å². The number of furan rings is 1. The number of rotatable bonds is 3. The zero-order valence-corrected chi connectivity index (χ0v) is 11.4. The molecule has 1 heterocycles. The summed E-state index contributed by atoms with van der Waals surface area (Å²) in [5, 5.41) is 2.85. The maximum atomic E-state index is 11.8. The maximum absolute atomic E-state index is 11.8. The predicted molar refractivity (Wildman–Crippen MR) is 77.0 cm³/mol. The van der Waals surface area contributed by atoms with Crippen LogP contribution in [0.5, 0.6) is 0 Å². The molecule has 0 aliphatic heterocycles. The largest absolute Gasteiger partial charge is 0.462 e. The molecular weight excluding hydrogens is 238 g/mol. The van der Waals surface area contributed by atoms with Crippen LogP contribution in [0.2, 0.25) is 0 Å². The highest BCUT2D eigenvalue weighted by Gasteiger charge is 2.02. The van der Waals surface area contributed by atoms with Gasteiger partial charge in [-0.25, -0.2) is 0 Å². The van der Waals surface area contributed by atoms with Crippen molar-refractivity contribution in [3.8, 4) is 0 Å². The normalized spacial score (nSPS) is 10.9. The lowest BCUT2D eigenvalue weighted by molar-refractivity contribution is -0.111. The molecule has 3 heteroatoms. The molecule has 0 atom stereocenters. The summed E-state index contributed by atoms with van der Waals surface area (Å²) in [6.07, 6.45) is 3.13. The van der Waals surface area contributed by atoms with Gasteiger partial charge in [0.2, 0.25) is 5.91 Å². The van der Waals surface area contributed by atoms with E-state index in [1.54, 1.807) is 6.08 Å².